The summed E-state index contributed by atoms with van der Waals surface area (Å²) in [6.07, 6.45) is 4.09. The predicted octanol–water partition coefficient (Wildman–Crippen LogP) is 0.699. The summed E-state index contributed by atoms with van der Waals surface area (Å²) in [5.41, 5.74) is -0.341. The van der Waals surface area contributed by atoms with E-state index in [1.54, 1.807) is 17.3 Å². The van der Waals surface area contributed by atoms with Crippen LogP contribution >= 0.6 is 0 Å². The third kappa shape index (κ3) is 4.73. The van der Waals surface area contributed by atoms with E-state index < -0.39 is 30.2 Å². The molecule has 2 N–H and O–H groups in total. The van der Waals surface area contributed by atoms with Gasteiger partial charge in [0.05, 0.1) is 25.1 Å². The van der Waals surface area contributed by atoms with Crippen LogP contribution in [-0.2, 0) is 14.3 Å². The number of β-amino-alcohol motifs (C(OH)–C–C–N with tert-alkyl or cyclic N) is 1. The smallest absolute Gasteiger partial charge is 0.411 e. The van der Waals surface area contributed by atoms with Gasteiger partial charge < -0.3 is 29.6 Å². The highest BCUT2D eigenvalue weighted by Crippen LogP contribution is 2.28. The van der Waals surface area contributed by atoms with Crippen molar-refractivity contribution in [2.24, 2.45) is 0 Å². The number of nitrogens with zero attached hydrogens (tertiary/aromatic N) is 4. The Kier molecular flexibility index (Phi) is 5.99. The molecule has 4 heterocycles. The van der Waals surface area contributed by atoms with Gasteiger partial charge in [-0.1, -0.05) is 0 Å². The lowest BCUT2D eigenvalue weighted by atomic mass is 9.89. The van der Waals surface area contributed by atoms with Crippen LogP contribution in [0.15, 0.2) is 24.5 Å². The van der Waals surface area contributed by atoms with E-state index >= 15 is 0 Å². The third-order valence-corrected chi connectivity index (χ3v) is 6.40. The molecule has 0 radical (unpaired) electrons. The van der Waals surface area contributed by atoms with E-state index in [2.05, 4.69) is 9.88 Å². The zero-order chi connectivity index (χ0) is 22.0. The Labute approximate surface area is 180 Å². The van der Waals surface area contributed by atoms with Crippen LogP contribution in [0.1, 0.15) is 32.1 Å². The topological polar surface area (TPSA) is 124 Å². The van der Waals surface area contributed by atoms with Crippen LogP contribution in [-0.4, -0.2) is 93.4 Å². The van der Waals surface area contributed by atoms with Crippen molar-refractivity contribution in [1.29, 1.82) is 0 Å². The highest BCUT2D eigenvalue weighted by molar-refractivity contribution is 5.86. The largest absolute Gasteiger partial charge is 0.481 e. The number of likely N-dealkylation sites (tertiary alicyclic amines) is 1. The van der Waals surface area contributed by atoms with Gasteiger partial charge in [-0.3, -0.25) is 14.6 Å². The molecule has 2 unspecified atom stereocenters. The van der Waals surface area contributed by atoms with Gasteiger partial charge in [0.25, 0.3) is 5.91 Å². The first kappa shape index (κ1) is 21.4. The number of carbonyl (C=O) groups excluding carboxylic acids is 2. The Morgan fingerprint density at radius 2 is 1.90 bits per heavy atom. The average Bonchev–Trinajstić information content (AvgIpc) is 3.14. The molecule has 1 aromatic rings. The van der Waals surface area contributed by atoms with Crippen molar-refractivity contribution in [3.05, 3.63) is 24.5 Å². The minimum absolute atomic E-state index is 0.00804. The molecule has 0 spiro atoms. The molecule has 2 atom stereocenters. The molecule has 0 bridgehead atoms. The summed E-state index contributed by atoms with van der Waals surface area (Å²) >= 11 is 0. The number of carbonyl (C=O) groups is 3. The van der Waals surface area contributed by atoms with E-state index in [1.807, 2.05) is 12.1 Å². The summed E-state index contributed by atoms with van der Waals surface area (Å²) in [4.78, 5) is 45.8. The van der Waals surface area contributed by atoms with Crippen molar-refractivity contribution < 1.29 is 29.3 Å². The maximum absolute atomic E-state index is 12.9. The number of aliphatic carboxylic acids is 1. The molecule has 10 heteroatoms. The van der Waals surface area contributed by atoms with Crippen molar-refractivity contribution in [1.82, 2.24) is 14.8 Å². The van der Waals surface area contributed by atoms with E-state index in [0.29, 0.717) is 19.4 Å². The number of hydrogen-bond donors (Lipinski definition) is 2. The molecule has 3 fully saturated rings. The second kappa shape index (κ2) is 8.70. The number of carboxylic acid groups (broad SMARTS) is 1. The summed E-state index contributed by atoms with van der Waals surface area (Å²) in [5, 5.41) is 19.6. The van der Waals surface area contributed by atoms with Gasteiger partial charge in [0.1, 0.15) is 0 Å². The number of hydrogen-bond acceptors (Lipinski definition) is 7. The molecule has 3 saturated heterocycles. The zero-order valence-electron chi connectivity index (χ0n) is 17.4. The number of aromatic nitrogens is 1. The van der Waals surface area contributed by atoms with Gasteiger partial charge in [-0.25, -0.2) is 4.79 Å². The second-order valence-corrected chi connectivity index (χ2v) is 8.61. The van der Waals surface area contributed by atoms with E-state index in [9.17, 15) is 19.5 Å². The normalized spacial score (nSPS) is 27.3. The highest BCUT2D eigenvalue weighted by atomic mass is 16.6. The number of rotatable bonds is 5. The minimum Gasteiger partial charge on any atom is -0.481 e. The Balaban J connectivity index is 1.33. The Morgan fingerprint density at radius 1 is 1.19 bits per heavy atom. The number of anilines is 1. The van der Waals surface area contributed by atoms with Gasteiger partial charge in [-0.2, -0.15) is 0 Å². The maximum atomic E-state index is 12.9. The molecule has 31 heavy (non-hydrogen) atoms. The van der Waals surface area contributed by atoms with Gasteiger partial charge >= 0.3 is 12.1 Å². The van der Waals surface area contributed by atoms with Crippen molar-refractivity contribution in [3.63, 3.8) is 0 Å². The monoisotopic (exact) mass is 432 g/mol. The van der Waals surface area contributed by atoms with Crippen LogP contribution in [0.3, 0.4) is 0 Å². The number of cyclic esters (lactones) is 1. The molecular weight excluding hydrogens is 404 g/mol. The minimum atomic E-state index is -1.44. The summed E-state index contributed by atoms with van der Waals surface area (Å²) in [6.45, 7) is 2.14. The van der Waals surface area contributed by atoms with Crippen LogP contribution in [0.4, 0.5) is 10.5 Å². The molecule has 2 amide bonds. The molecule has 10 nitrogen and oxygen atoms in total. The number of carboxylic acids is 1. The van der Waals surface area contributed by atoms with Gasteiger partial charge in [0.15, 0.2) is 6.10 Å². The lowest BCUT2D eigenvalue weighted by Crippen LogP contribution is -2.54. The van der Waals surface area contributed by atoms with E-state index in [-0.39, 0.29) is 25.0 Å². The van der Waals surface area contributed by atoms with Crippen LogP contribution in [0.25, 0.3) is 0 Å². The fourth-order valence-electron chi connectivity index (χ4n) is 4.83. The van der Waals surface area contributed by atoms with Gasteiger partial charge in [-0.05, 0) is 37.8 Å². The number of pyridine rings is 1. The third-order valence-electron chi connectivity index (χ3n) is 6.40. The second-order valence-electron chi connectivity index (χ2n) is 8.61. The first-order valence-corrected chi connectivity index (χ1v) is 10.7. The van der Waals surface area contributed by atoms with Gasteiger partial charge in [-0.15, -0.1) is 0 Å². The highest BCUT2D eigenvalue weighted by Gasteiger charge is 2.45. The van der Waals surface area contributed by atoms with E-state index in [4.69, 9.17) is 9.84 Å². The van der Waals surface area contributed by atoms with Gasteiger partial charge in [0, 0.05) is 43.8 Å². The molecule has 1 aromatic heterocycles. The zero-order valence-corrected chi connectivity index (χ0v) is 17.4. The first-order valence-electron chi connectivity index (χ1n) is 10.7. The van der Waals surface area contributed by atoms with Gasteiger partial charge in [0.2, 0.25) is 0 Å². The van der Waals surface area contributed by atoms with Crippen LogP contribution in [0, 0.1) is 0 Å². The van der Waals surface area contributed by atoms with Crippen LogP contribution in [0.5, 0.6) is 0 Å². The fourth-order valence-corrected chi connectivity index (χ4v) is 4.83. The lowest BCUT2D eigenvalue weighted by Gasteiger charge is -2.39. The van der Waals surface area contributed by atoms with Crippen LogP contribution < -0.4 is 4.90 Å². The number of aliphatic hydroxyl groups is 1. The summed E-state index contributed by atoms with van der Waals surface area (Å²) < 4.78 is 5.38. The Hall–Kier alpha value is -2.88. The van der Waals surface area contributed by atoms with E-state index in [1.165, 1.54) is 4.90 Å². The van der Waals surface area contributed by atoms with Crippen LogP contribution in [0.2, 0.25) is 0 Å². The SMILES string of the molecule is O=C(O)CC1(O)CCCN(C(=O)C2CN(C3CCN(c4ccncc4)CC3)C(=O)O2)C1. The first-order chi connectivity index (χ1) is 14.8. The molecule has 3 aliphatic heterocycles. The van der Waals surface area contributed by atoms with Crippen molar-refractivity contribution in [2.75, 3.05) is 37.6 Å². The van der Waals surface area contributed by atoms with E-state index in [0.717, 1.165) is 31.6 Å². The molecule has 0 aliphatic carbocycles. The lowest BCUT2D eigenvalue weighted by molar-refractivity contribution is -0.153. The molecule has 3 aliphatic rings. The quantitative estimate of drug-likeness (QED) is 0.697. The number of piperidine rings is 2. The average molecular weight is 432 g/mol. The van der Waals surface area contributed by atoms with Crippen molar-refractivity contribution >= 4 is 23.7 Å². The maximum Gasteiger partial charge on any atom is 0.411 e. The fraction of sp³-hybridized carbons (Fsp3) is 0.619. The number of amides is 2. The Morgan fingerprint density at radius 3 is 2.58 bits per heavy atom. The Bertz CT molecular complexity index is 828. The molecular formula is C21H28N4O6. The summed E-state index contributed by atoms with van der Waals surface area (Å²) in [5.74, 6) is -1.47. The van der Waals surface area contributed by atoms with Crippen molar-refractivity contribution in [3.8, 4) is 0 Å². The standard InChI is InChI=1S/C21H28N4O6/c26-18(27)12-21(30)6-1-9-24(14-21)19(28)17-13-25(20(29)31-17)16-4-10-23(11-5-16)15-2-7-22-8-3-15/h2-3,7-8,16-17,30H,1,4-6,9-14H2,(H,26,27). The molecule has 0 aromatic carbocycles. The summed E-state index contributed by atoms with van der Waals surface area (Å²) in [7, 11) is 0. The molecule has 4 rings (SSSR count). The number of ether oxygens (including phenoxy) is 1. The summed E-state index contributed by atoms with van der Waals surface area (Å²) in [6, 6.07) is 3.93. The molecule has 168 valence electrons. The van der Waals surface area contributed by atoms with Crippen molar-refractivity contribution in [2.45, 2.75) is 49.9 Å². The predicted molar refractivity (Wildman–Crippen MR) is 109 cm³/mol. The molecule has 0 saturated carbocycles.